The van der Waals surface area contributed by atoms with Crippen molar-refractivity contribution in [1.82, 2.24) is 0 Å². The molecule has 0 aliphatic heterocycles. The molecule has 0 N–H and O–H groups in total. The molecule has 31 heavy (non-hydrogen) atoms. The van der Waals surface area contributed by atoms with Crippen molar-refractivity contribution in [3.8, 4) is 0 Å². The monoisotopic (exact) mass is 444 g/mol. The van der Waals surface area contributed by atoms with Gasteiger partial charge in [-0.3, -0.25) is 0 Å². The average Bonchev–Trinajstić information content (AvgIpc) is 2.72. The number of benzene rings is 2. The molecule has 2 aromatic rings. The van der Waals surface area contributed by atoms with Crippen LogP contribution in [0.2, 0.25) is 0 Å². The molecule has 1 aliphatic rings. The number of alkyl halides is 2. The SMILES string of the molecule is CCC[C@H]1CC[C@H](c2ccc(C(F)(F)OCCc3cc(F)c(F)c(F)c3)c(F)c2)CC1. The van der Waals surface area contributed by atoms with Crippen molar-refractivity contribution in [2.24, 2.45) is 5.92 Å². The zero-order chi connectivity index (χ0) is 22.6. The quantitative estimate of drug-likeness (QED) is 0.301. The van der Waals surface area contributed by atoms with Gasteiger partial charge in [-0.1, -0.05) is 25.8 Å². The third-order valence-electron chi connectivity index (χ3n) is 6.04. The van der Waals surface area contributed by atoms with Gasteiger partial charge in [0.25, 0.3) is 0 Å². The zero-order valence-corrected chi connectivity index (χ0v) is 17.4. The van der Waals surface area contributed by atoms with Crippen LogP contribution < -0.4 is 0 Å². The summed E-state index contributed by atoms with van der Waals surface area (Å²) in [6.45, 7) is 1.53. The van der Waals surface area contributed by atoms with Crippen molar-refractivity contribution in [3.63, 3.8) is 0 Å². The fraction of sp³-hybridized carbons (Fsp3) is 0.500. The molecule has 0 bridgehead atoms. The third-order valence-corrected chi connectivity index (χ3v) is 6.04. The van der Waals surface area contributed by atoms with Crippen LogP contribution in [0.5, 0.6) is 0 Å². The van der Waals surface area contributed by atoms with Crippen LogP contribution in [0.1, 0.15) is 68.1 Å². The maximum absolute atomic E-state index is 14.5. The van der Waals surface area contributed by atoms with Gasteiger partial charge in [0.05, 0.1) is 12.2 Å². The Kier molecular flexibility index (Phi) is 7.68. The van der Waals surface area contributed by atoms with Crippen LogP contribution in [0.4, 0.5) is 26.3 Å². The van der Waals surface area contributed by atoms with Gasteiger partial charge in [0.2, 0.25) is 0 Å². The topological polar surface area (TPSA) is 9.23 Å². The fourth-order valence-corrected chi connectivity index (χ4v) is 4.34. The van der Waals surface area contributed by atoms with Crippen LogP contribution in [0, 0.1) is 29.2 Å². The molecule has 2 aromatic carbocycles. The van der Waals surface area contributed by atoms with Gasteiger partial charge in [-0.05, 0) is 79.3 Å². The number of halogens is 6. The van der Waals surface area contributed by atoms with Gasteiger partial charge in [-0.2, -0.15) is 8.78 Å². The van der Waals surface area contributed by atoms with Crippen molar-refractivity contribution < 1.29 is 31.1 Å². The van der Waals surface area contributed by atoms with E-state index in [2.05, 4.69) is 11.7 Å². The van der Waals surface area contributed by atoms with Gasteiger partial charge in [0, 0.05) is 0 Å². The Morgan fingerprint density at radius 1 is 0.903 bits per heavy atom. The minimum absolute atomic E-state index is 0.0401. The Labute approximate surface area is 178 Å². The second-order valence-electron chi connectivity index (χ2n) is 8.23. The minimum Gasteiger partial charge on any atom is -0.316 e. The first-order valence-corrected chi connectivity index (χ1v) is 10.7. The highest BCUT2D eigenvalue weighted by atomic mass is 19.3. The van der Waals surface area contributed by atoms with Gasteiger partial charge in [-0.25, -0.2) is 17.6 Å². The first-order chi connectivity index (χ1) is 14.7. The second kappa shape index (κ2) is 10.1. The summed E-state index contributed by atoms with van der Waals surface area (Å²) in [5.74, 6) is -4.65. The molecule has 0 amide bonds. The number of rotatable bonds is 8. The van der Waals surface area contributed by atoms with Crippen LogP contribution in [-0.4, -0.2) is 6.61 Å². The van der Waals surface area contributed by atoms with E-state index < -0.39 is 41.5 Å². The Hall–Kier alpha value is -2.02. The number of hydrogen-bond donors (Lipinski definition) is 0. The molecule has 0 radical (unpaired) electrons. The largest absolute Gasteiger partial charge is 0.386 e. The second-order valence-corrected chi connectivity index (χ2v) is 8.23. The Bertz CT molecular complexity index is 867. The summed E-state index contributed by atoms with van der Waals surface area (Å²) >= 11 is 0. The van der Waals surface area contributed by atoms with Crippen LogP contribution in [0.25, 0.3) is 0 Å². The van der Waals surface area contributed by atoms with Gasteiger partial charge in [0.1, 0.15) is 5.82 Å². The predicted octanol–water partition coefficient (Wildman–Crippen LogP) is 7.63. The highest BCUT2D eigenvalue weighted by Gasteiger charge is 2.36. The standard InChI is InChI=1S/C24H26F6O/c1-2-3-15-4-6-17(7-5-15)18-8-9-19(20(25)14-18)24(29,30)31-11-10-16-12-21(26)23(28)22(27)13-16/h8-9,12-15,17H,2-7,10-11H2,1H3/t15-,17-. The molecule has 170 valence electrons. The summed E-state index contributed by atoms with van der Waals surface area (Å²) in [6.07, 6.45) is 2.09. The zero-order valence-electron chi connectivity index (χ0n) is 17.4. The molecular weight excluding hydrogens is 418 g/mol. The molecule has 0 unspecified atom stereocenters. The summed E-state index contributed by atoms with van der Waals surface area (Å²) in [5, 5.41) is 0. The Morgan fingerprint density at radius 3 is 2.13 bits per heavy atom. The lowest BCUT2D eigenvalue weighted by atomic mass is 9.77. The lowest BCUT2D eigenvalue weighted by Gasteiger charge is -2.29. The molecule has 0 heterocycles. The normalized spacial score (nSPS) is 19.6. The van der Waals surface area contributed by atoms with E-state index in [1.807, 2.05) is 0 Å². The van der Waals surface area contributed by atoms with Crippen LogP contribution >= 0.6 is 0 Å². The third kappa shape index (κ3) is 5.82. The predicted molar refractivity (Wildman–Crippen MR) is 106 cm³/mol. The Morgan fingerprint density at radius 2 is 1.55 bits per heavy atom. The van der Waals surface area contributed by atoms with Gasteiger partial charge >= 0.3 is 6.11 Å². The summed E-state index contributed by atoms with van der Waals surface area (Å²) in [5.41, 5.74) is -0.210. The molecule has 3 rings (SSSR count). The molecule has 0 aromatic heterocycles. The van der Waals surface area contributed by atoms with Gasteiger partial charge < -0.3 is 4.74 Å². The van der Waals surface area contributed by atoms with Gasteiger partial charge in [-0.15, -0.1) is 0 Å². The fourth-order valence-electron chi connectivity index (χ4n) is 4.34. The molecular formula is C24H26F6O. The summed E-state index contributed by atoms with van der Waals surface area (Å²) in [4.78, 5) is 0. The van der Waals surface area contributed by atoms with E-state index in [1.54, 1.807) is 0 Å². The molecule has 0 saturated heterocycles. The molecule has 0 atom stereocenters. The minimum atomic E-state index is -3.90. The molecule has 0 spiro atoms. The van der Waals surface area contributed by atoms with E-state index in [4.69, 9.17) is 0 Å². The molecule has 1 fully saturated rings. The van der Waals surface area contributed by atoms with Crippen LogP contribution in [0.3, 0.4) is 0 Å². The van der Waals surface area contributed by atoms with Crippen molar-refractivity contribution in [1.29, 1.82) is 0 Å². The first kappa shape index (κ1) is 23.6. The maximum atomic E-state index is 14.5. The summed E-state index contributed by atoms with van der Waals surface area (Å²) in [6, 6.07) is 5.14. The van der Waals surface area contributed by atoms with Gasteiger partial charge in [0.15, 0.2) is 17.5 Å². The van der Waals surface area contributed by atoms with Crippen molar-refractivity contribution in [2.75, 3.05) is 6.61 Å². The van der Waals surface area contributed by atoms with Crippen molar-refractivity contribution in [3.05, 3.63) is 70.3 Å². The molecule has 1 nitrogen and oxygen atoms in total. The summed E-state index contributed by atoms with van der Waals surface area (Å²) in [7, 11) is 0. The van der Waals surface area contributed by atoms with Crippen molar-refractivity contribution in [2.45, 2.75) is 63.9 Å². The number of hydrogen-bond acceptors (Lipinski definition) is 1. The average molecular weight is 444 g/mol. The first-order valence-electron chi connectivity index (χ1n) is 10.7. The smallest absolute Gasteiger partial charge is 0.316 e. The molecule has 7 heteroatoms. The summed E-state index contributed by atoms with van der Waals surface area (Å²) < 4.78 is 87.2. The highest BCUT2D eigenvalue weighted by molar-refractivity contribution is 5.29. The van der Waals surface area contributed by atoms with E-state index in [0.717, 1.165) is 44.2 Å². The lowest BCUT2D eigenvalue weighted by Crippen LogP contribution is -2.22. The van der Waals surface area contributed by atoms with E-state index >= 15 is 0 Å². The van der Waals surface area contributed by atoms with Crippen LogP contribution in [-0.2, 0) is 17.3 Å². The Balaban J connectivity index is 1.61. The van der Waals surface area contributed by atoms with Crippen molar-refractivity contribution >= 4 is 0 Å². The maximum Gasteiger partial charge on any atom is 0.386 e. The van der Waals surface area contributed by atoms with E-state index in [9.17, 15) is 26.3 Å². The van der Waals surface area contributed by atoms with E-state index in [0.29, 0.717) is 23.6 Å². The van der Waals surface area contributed by atoms with E-state index in [1.165, 1.54) is 12.5 Å². The molecule has 1 saturated carbocycles. The number of ether oxygens (including phenoxy) is 1. The lowest BCUT2D eigenvalue weighted by molar-refractivity contribution is -0.249. The highest BCUT2D eigenvalue weighted by Crippen LogP contribution is 2.39. The van der Waals surface area contributed by atoms with Crippen LogP contribution in [0.15, 0.2) is 30.3 Å². The molecule has 1 aliphatic carbocycles. The van der Waals surface area contributed by atoms with E-state index in [-0.39, 0.29) is 17.9 Å².